The zero-order valence-electron chi connectivity index (χ0n) is 16.6. The molecule has 0 bridgehead atoms. The lowest BCUT2D eigenvalue weighted by atomic mass is 9.65. The van der Waals surface area contributed by atoms with E-state index in [9.17, 15) is 13.7 Å². The molecule has 1 heterocycles. The van der Waals surface area contributed by atoms with Crippen LogP contribution >= 0.6 is 11.8 Å². The molecule has 1 aromatic heterocycles. The zero-order chi connectivity index (χ0) is 21.9. The van der Waals surface area contributed by atoms with E-state index in [0.717, 1.165) is 40.8 Å². The summed E-state index contributed by atoms with van der Waals surface area (Å²) < 4.78 is 28.5. The third kappa shape index (κ3) is 5.25. The maximum Gasteiger partial charge on any atom is 0.380 e. The minimum Gasteiger partial charge on any atom is -0.371 e. The van der Waals surface area contributed by atoms with Gasteiger partial charge in [-0.15, -0.1) is 11.8 Å². The molecule has 2 N–H and O–H groups in total. The van der Waals surface area contributed by atoms with E-state index >= 15 is 0 Å². The lowest BCUT2D eigenvalue weighted by Crippen LogP contribution is -2.32. The molecule has 1 aliphatic carbocycles. The minimum absolute atomic E-state index is 0.171. The lowest BCUT2D eigenvalue weighted by Gasteiger charge is -2.36. The Kier molecular flexibility index (Phi) is 6.00. The van der Waals surface area contributed by atoms with Crippen molar-refractivity contribution in [1.82, 2.24) is 14.8 Å². The second kappa shape index (κ2) is 8.70. The summed E-state index contributed by atoms with van der Waals surface area (Å²) in [7, 11) is -4.03. The third-order valence-corrected chi connectivity index (χ3v) is 6.79. The van der Waals surface area contributed by atoms with Crippen LogP contribution in [0.2, 0.25) is 0 Å². The first-order valence-electron chi connectivity index (χ1n) is 9.67. The predicted octanol–water partition coefficient (Wildman–Crippen LogP) is 3.15. The number of aromatic nitrogens is 3. The highest BCUT2D eigenvalue weighted by atomic mass is 32.2. The van der Waals surface area contributed by atoms with Gasteiger partial charge in [0.2, 0.25) is 0 Å². The highest BCUT2D eigenvalue weighted by Gasteiger charge is 2.39. The second-order valence-corrected chi connectivity index (χ2v) is 9.72. The van der Waals surface area contributed by atoms with Crippen molar-refractivity contribution in [2.75, 3.05) is 0 Å². The van der Waals surface area contributed by atoms with E-state index in [1.165, 1.54) is 6.33 Å². The van der Waals surface area contributed by atoms with E-state index in [-0.39, 0.29) is 5.75 Å². The summed E-state index contributed by atoms with van der Waals surface area (Å²) in [5.74, 6) is 0.875. The summed E-state index contributed by atoms with van der Waals surface area (Å²) in [5.41, 5.74) is 2.86. The van der Waals surface area contributed by atoms with Crippen LogP contribution in [0.25, 0.3) is 0 Å². The fraction of sp³-hybridized carbons (Fsp3) is 0.286. The fourth-order valence-corrected chi connectivity index (χ4v) is 4.81. The molecular formula is C21H21N5O3S2. The summed E-state index contributed by atoms with van der Waals surface area (Å²) in [6, 6.07) is 15.6. The Morgan fingerprint density at radius 3 is 2.52 bits per heavy atom. The molecule has 10 heteroatoms. The first-order chi connectivity index (χ1) is 14.9. The van der Waals surface area contributed by atoms with Crippen molar-refractivity contribution in [3.05, 3.63) is 71.8 Å². The number of nitrogens with two attached hydrogens (primary N) is 1. The van der Waals surface area contributed by atoms with E-state index in [2.05, 4.69) is 38.5 Å². The Morgan fingerprint density at radius 2 is 1.94 bits per heavy atom. The quantitative estimate of drug-likeness (QED) is 0.517. The van der Waals surface area contributed by atoms with Crippen molar-refractivity contribution in [2.45, 2.75) is 41.9 Å². The average molecular weight is 456 g/mol. The van der Waals surface area contributed by atoms with E-state index in [4.69, 9.17) is 5.14 Å². The fourth-order valence-electron chi connectivity index (χ4n) is 3.60. The number of rotatable bonds is 8. The largest absolute Gasteiger partial charge is 0.380 e. The van der Waals surface area contributed by atoms with Gasteiger partial charge < -0.3 is 4.18 Å². The normalized spacial score (nSPS) is 15.1. The van der Waals surface area contributed by atoms with E-state index in [1.54, 1.807) is 47.0 Å². The highest BCUT2D eigenvalue weighted by molar-refractivity contribution is 7.98. The maximum absolute atomic E-state index is 11.0. The molecular weight excluding hydrogens is 434 g/mol. The summed E-state index contributed by atoms with van der Waals surface area (Å²) in [4.78, 5) is 4.96. The molecule has 0 unspecified atom stereocenters. The van der Waals surface area contributed by atoms with Crippen molar-refractivity contribution in [3.63, 3.8) is 0 Å². The van der Waals surface area contributed by atoms with E-state index in [1.807, 2.05) is 0 Å². The zero-order valence-corrected chi connectivity index (χ0v) is 18.3. The van der Waals surface area contributed by atoms with Gasteiger partial charge in [0.15, 0.2) is 0 Å². The molecule has 1 fully saturated rings. The van der Waals surface area contributed by atoms with Crippen LogP contribution in [0, 0.1) is 11.3 Å². The number of nitrogens with zero attached hydrogens (tertiary/aromatic N) is 4. The van der Waals surface area contributed by atoms with Gasteiger partial charge in [0.1, 0.15) is 18.4 Å². The van der Waals surface area contributed by atoms with Crippen molar-refractivity contribution in [2.24, 2.45) is 5.14 Å². The first kappa shape index (κ1) is 21.4. The third-order valence-electron chi connectivity index (χ3n) is 5.28. The Balaban J connectivity index is 1.53. The monoisotopic (exact) mass is 455 g/mol. The minimum atomic E-state index is -4.03. The molecule has 160 valence electrons. The molecule has 8 nitrogen and oxygen atoms in total. The van der Waals surface area contributed by atoms with Crippen LogP contribution in [0.1, 0.15) is 36.0 Å². The molecule has 0 saturated heterocycles. The number of hydrogen-bond acceptors (Lipinski definition) is 7. The Morgan fingerprint density at radius 1 is 1.19 bits per heavy atom. The van der Waals surface area contributed by atoms with Crippen molar-refractivity contribution >= 4 is 22.1 Å². The molecule has 4 rings (SSSR count). The van der Waals surface area contributed by atoms with Gasteiger partial charge in [0, 0.05) is 10.6 Å². The van der Waals surface area contributed by atoms with Gasteiger partial charge in [-0.1, -0.05) is 18.2 Å². The summed E-state index contributed by atoms with van der Waals surface area (Å²) >= 11 is 1.62. The topological polar surface area (TPSA) is 124 Å². The molecule has 0 spiro atoms. The predicted molar refractivity (Wildman–Crippen MR) is 116 cm³/mol. The molecule has 1 aliphatic rings. The number of benzene rings is 2. The number of thioether (sulfide) groups is 1. The molecule has 1 saturated carbocycles. The molecule has 0 aliphatic heterocycles. The van der Waals surface area contributed by atoms with Gasteiger partial charge >= 0.3 is 10.3 Å². The van der Waals surface area contributed by atoms with Gasteiger partial charge in [0.05, 0.1) is 18.0 Å². The van der Waals surface area contributed by atoms with Gasteiger partial charge in [-0.2, -0.15) is 23.9 Å². The van der Waals surface area contributed by atoms with Crippen molar-refractivity contribution < 1.29 is 12.6 Å². The van der Waals surface area contributed by atoms with Crippen LogP contribution in [0.5, 0.6) is 5.75 Å². The first-order valence-corrected chi connectivity index (χ1v) is 12.1. The van der Waals surface area contributed by atoms with Gasteiger partial charge in [0.25, 0.3) is 0 Å². The van der Waals surface area contributed by atoms with Gasteiger partial charge in [-0.3, -0.25) is 0 Å². The molecule has 0 amide bonds. The number of nitriles is 1. The van der Waals surface area contributed by atoms with Crippen LogP contribution in [-0.2, 0) is 28.0 Å². The van der Waals surface area contributed by atoms with Gasteiger partial charge in [-0.25, -0.2) is 9.67 Å². The Labute approximate surface area is 185 Å². The van der Waals surface area contributed by atoms with Crippen LogP contribution < -0.4 is 9.32 Å². The lowest BCUT2D eigenvalue weighted by molar-refractivity contribution is 0.323. The Bertz CT molecular complexity index is 1200. The Hall–Kier alpha value is -2.87. The van der Waals surface area contributed by atoms with Gasteiger partial charge in [-0.05, 0) is 60.2 Å². The molecule has 31 heavy (non-hydrogen) atoms. The van der Waals surface area contributed by atoms with Crippen LogP contribution in [0.3, 0.4) is 0 Å². The summed E-state index contributed by atoms with van der Waals surface area (Å²) in [6.45, 7) is 0.590. The van der Waals surface area contributed by atoms with Crippen LogP contribution in [0.4, 0.5) is 0 Å². The average Bonchev–Trinajstić information content (AvgIpc) is 3.19. The molecule has 0 atom stereocenters. The second-order valence-electron chi connectivity index (χ2n) is 7.51. The maximum atomic E-state index is 11.0. The van der Waals surface area contributed by atoms with Crippen molar-refractivity contribution in [3.8, 4) is 11.8 Å². The molecule has 2 aromatic carbocycles. The van der Waals surface area contributed by atoms with E-state index in [0.29, 0.717) is 12.3 Å². The number of hydrogen-bond donors (Lipinski definition) is 1. The molecule has 3 aromatic rings. The molecule has 0 radical (unpaired) electrons. The van der Waals surface area contributed by atoms with Crippen LogP contribution in [0.15, 0.2) is 60.0 Å². The summed E-state index contributed by atoms with van der Waals surface area (Å²) in [6.07, 6.45) is 6.02. The van der Waals surface area contributed by atoms with E-state index < -0.39 is 15.7 Å². The SMILES string of the molecule is N#CC1(c2cc(CSc3ccc(OS(N)(=O)=O)cc3)cc(Cn3cncn3)c2)CCC1. The highest BCUT2D eigenvalue weighted by Crippen LogP contribution is 2.44. The van der Waals surface area contributed by atoms with Crippen LogP contribution in [-0.4, -0.2) is 23.2 Å². The smallest absolute Gasteiger partial charge is 0.371 e. The van der Waals surface area contributed by atoms with Crippen molar-refractivity contribution in [1.29, 1.82) is 5.26 Å². The summed E-state index contributed by atoms with van der Waals surface area (Å²) in [5, 5.41) is 18.9. The standard InChI is InChI=1S/C21H21N5O3S2/c22-13-21(6-1-7-21)18-9-16(11-26-15-24-14-25-26)8-17(10-18)12-30-20-4-2-19(3-5-20)29-31(23,27)28/h2-5,8-10,14-15H,1,6-7,11-12H2,(H2,23,27,28).